The number of aromatic nitrogens is 1. The maximum atomic E-state index is 15.1. The first-order valence-electron chi connectivity index (χ1n) is 7.30. The lowest BCUT2D eigenvalue weighted by molar-refractivity contribution is 0.413. The third-order valence-corrected chi connectivity index (χ3v) is 4.40. The zero-order chi connectivity index (χ0) is 17.1. The Morgan fingerprint density at radius 3 is 2.67 bits per heavy atom. The van der Waals surface area contributed by atoms with Gasteiger partial charge in [0.1, 0.15) is 16.2 Å². The molecule has 0 aliphatic rings. The van der Waals surface area contributed by atoms with Crippen LogP contribution >= 0.6 is 27.5 Å². The number of hydrogen-bond acceptors (Lipinski definition) is 2. The van der Waals surface area contributed by atoms with E-state index in [1.165, 1.54) is 7.11 Å². The highest BCUT2D eigenvalue weighted by molar-refractivity contribution is 9.10. The van der Waals surface area contributed by atoms with Crippen molar-refractivity contribution in [2.24, 2.45) is 0 Å². The van der Waals surface area contributed by atoms with Crippen LogP contribution in [-0.2, 0) is 6.42 Å². The van der Waals surface area contributed by atoms with Crippen molar-refractivity contribution in [2.45, 2.75) is 6.42 Å². The van der Waals surface area contributed by atoms with Gasteiger partial charge in [-0.25, -0.2) is 9.37 Å². The molecular weight excluding hydrogens is 393 g/mol. The molecule has 2 aromatic carbocycles. The largest absolute Gasteiger partial charge is 0.496 e. The topological polar surface area (TPSA) is 22.1 Å². The molecule has 0 saturated carbocycles. The van der Waals surface area contributed by atoms with E-state index in [1.54, 1.807) is 36.5 Å². The summed E-state index contributed by atoms with van der Waals surface area (Å²) >= 11 is 9.35. The molecule has 0 saturated heterocycles. The molecule has 0 aliphatic carbocycles. The summed E-state index contributed by atoms with van der Waals surface area (Å²) in [5, 5.41) is 0.552. The quantitative estimate of drug-likeness (QED) is 0.503. The molecular formula is C19H14BrClFNO. The molecule has 3 aromatic rings. The maximum absolute atomic E-state index is 15.1. The van der Waals surface area contributed by atoms with Gasteiger partial charge in [0.15, 0.2) is 0 Å². The summed E-state index contributed by atoms with van der Waals surface area (Å²) in [5.41, 5.74) is 2.62. The fourth-order valence-electron chi connectivity index (χ4n) is 2.55. The maximum Gasteiger partial charge on any atom is 0.138 e. The van der Waals surface area contributed by atoms with Crippen LogP contribution in [-0.4, -0.2) is 12.1 Å². The summed E-state index contributed by atoms with van der Waals surface area (Å²) < 4.78 is 21.2. The first kappa shape index (κ1) is 16.9. The van der Waals surface area contributed by atoms with E-state index in [0.29, 0.717) is 33.9 Å². The highest BCUT2D eigenvalue weighted by atomic mass is 79.9. The Bertz CT molecular complexity index is 868. The lowest BCUT2D eigenvalue weighted by atomic mass is 9.97. The van der Waals surface area contributed by atoms with Crippen LogP contribution in [0, 0.1) is 5.82 Å². The van der Waals surface area contributed by atoms with Crippen molar-refractivity contribution in [1.29, 1.82) is 0 Å². The van der Waals surface area contributed by atoms with Crippen LogP contribution in [0.5, 0.6) is 5.75 Å². The summed E-state index contributed by atoms with van der Waals surface area (Å²) in [5.74, 6) is 0.173. The van der Waals surface area contributed by atoms with E-state index >= 15 is 4.39 Å². The number of nitrogens with zero attached hydrogens (tertiary/aromatic N) is 1. The average Bonchev–Trinajstić information content (AvgIpc) is 2.58. The fourth-order valence-corrected chi connectivity index (χ4v) is 2.98. The van der Waals surface area contributed by atoms with Gasteiger partial charge in [-0.15, -0.1) is 0 Å². The molecule has 122 valence electrons. The van der Waals surface area contributed by atoms with Gasteiger partial charge in [0, 0.05) is 17.6 Å². The van der Waals surface area contributed by atoms with Crippen LogP contribution in [0.25, 0.3) is 11.1 Å². The standard InChI is InChI=1S/C19H14BrClFNO/c1-24-16-7-6-14(9-12-5-8-17(20)23-11-12)19(22)18(16)13-3-2-4-15(21)10-13/h2-8,10-11H,9H2,1H3. The molecule has 1 heterocycles. The summed E-state index contributed by atoms with van der Waals surface area (Å²) in [6, 6.07) is 14.4. The van der Waals surface area contributed by atoms with Gasteiger partial charge in [-0.05, 0) is 56.9 Å². The molecule has 0 unspecified atom stereocenters. The van der Waals surface area contributed by atoms with E-state index < -0.39 is 0 Å². The Kier molecular flexibility index (Phi) is 5.17. The first-order chi connectivity index (χ1) is 11.6. The third kappa shape index (κ3) is 3.60. The summed E-state index contributed by atoms with van der Waals surface area (Å²) in [6.45, 7) is 0. The molecule has 0 N–H and O–H groups in total. The Morgan fingerprint density at radius 2 is 2.00 bits per heavy atom. The Balaban J connectivity index is 2.06. The van der Waals surface area contributed by atoms with Crippen LogP contribution in [0.4, 0.5) is 4.39 Å². The zero-order valence-electron chi connectivity index (χ0n) is 12.9. The molecule has 0 fully saturated rings. The Morgan fingerprint density at radius 1 is 1.17 bits per heavy atom. The van der Waals surface area contributed by atoms with Crippen molar-refractivity contribution in [2.75, 3.05) is 7.11 Å². The van der Waals surface area contributed by atoms with Crippen molar-refractivity contribution in [3.8, 4) is 16.9 Å². The van der Waals surface area contributed by atoms with Crippen LogP contribution < -0.4 is 4.74 Å². The molecule has 5 heteroatoms. The van der Waals surface area contributed by atoms with Gasteiger partial charge < -0.3 is 4.74 Å². The van der Waals surface area contributed by atoms with Crippen LogP contribution in [0.2, 0.25) is 5.02 Å². The lowest BCUT2D eigenvalue weighted by Crippen LogP contribution is -1.99. The second-order valence-corrected chi connectivity index (χ2v) is 6.54. The van der Waals surface area contributed by atoms with Crippen molar-refractivity contribution in [3.05, 3.63) is 81.3 Å². The Labute approximate surface area is 153 Å². The number of pyridine rings is 1. The third-order valence-electron chi connectivity index (χ3n) is 3.70. The number of methoxy groups -OCH3 is 1. The SMILES string of the molecule is COc1ccc(Cc2ccc(Br)nc2)c(F)c1-c1cccc(Cl)c1. The summed E-state index contributed by atoms with van der Waals surface area (Å²) in [7, 11) is 1.53. The number of hydrogen-bond donors (Lipinski definition) is 0. The van der Waals surface area contributed by atoms with Crippen LogP contribution in [0.3, 0.4) is 0 Å². The number of ether oxygens (including phenoxy) is 1. The van der Waals surface area contributed by atoms with Crippen molar-refractivity contribution >= 4 is 27.5 Å². The fraction of sp³-hybridized carbons (Fsp3) is 0.105. The second-order valence-electron chi connectivity index (χ2n) is 5.29. The highest BCUT2D eigenvalue weighted by Crippen LogP contribution is 2.36. The van der Waals surface area contributed by atoms with Gasteiger partial charge >= 0.3 is 0 Å². The normalized spacial score (nSPS) is 10.7. The monoisotopic (exact) mass is 405 g/mol. The minimum Gasteiger partial charge on any atom is -0.496 e. The van der Waals surface area contributed by atoms with E-state index in [9.17, 15) is 0 Å². The molecule has 1 aromatic heterocycles. The van der Waals surface area contributed by atoms with E-state index in [4.69, 9.17) is 16.3 Å². The molecule has 0 aliphatic heterocycles. The minimum absolute atomic E-state index is 0.306. The second kappa shape index (κ2) is 7.32. The first-order valence-corrected chi connectivity index (χ1v) is 8.47. The molecule has 3 rings (SSSR count). The highest BCUT2D eigenvalue weighted by Gasteiger charge is 2.16. The average molecular weight is 407 g/mol. The van der Waals surface area contributed by atoms with Gasteiger partial charge in [0.05, 0.1) is 12.7 Å². The molecule has 24 heavy (non-hydrogen) atoms. The van der Waals surface area contributed by atoms with Gasteiger partial charge in [0.2, 0.25) is 0 Å². The molecule has 0 bridgehead atoms. The molecule has 0 spiro atoms. The van der Waals surface area contributed by atoms with E-state index in [0.717, 1.165) is 10.2 Å². The predicted octanol–water partition coefficient (Wildman–Crippen LogP) is 5.90. The van der Waals surface area contributed by atoms with Gasteiger partial charge in [0.25, 0.3) is 0 Å². The van der Waals surface area contributed by atoms with Gasteiger partial charge in [-0.2, -0.15) is 0 Å². The molecule has 0 radical (unpaired) electrons. The number of halogens is 3. The van der Waals surface area contributed by atoms with E-state index in [1.807, 2.05) is 18.2 Å². The van der Waals surface area contributed by atoms with E-state index in [2.05, 4.69) is 20.9 Å². The van der Waals surface area contributed by atoms with E-state index in [-0.39, 0.29) is 5.82 Å². The van der Waals surface area contributed by atoms with Gasteiger partial charge in [-0.1, -0.05) is 35.9 Å². The molecule has 0 amide bonds. The van der Waals surface area contributed by atoms with Crippen molar-refractivity contribution in [1.82, 2.24) is 4.98 Å². The number of benzene rings is 2. The van der Waals surface area contributed by atoms with Crippen molar-refractivity contribution < 1.29 is 9.13 Å². The van der Waals surface area contributed by atoms with Crippen LogP contribution in [0.15, 0.2) is 59.3 Å². The Hall–Kier alpha value is -1.91. The van der Waals surface area contributed by atoms with Crippen molar-refractivity contribution in [3.63, 3.8) is 0 Å². The minimum atomic E-state index is -0.306. The number of rotatable bonds is 4. The summed E-state index contributed by atoms with van der Waals surface area (Å²) in [6.07, 6.45) is 2.18. The van der Waals surface area contributed by atoms with Crippen LogP contribution in [0.1, 0.15) is 11.1 Å². The molecule has 2 nitrogen and oxygen atoms in total. The smallest absolute Gasteiger partial charge is 0.138 e. The van der Waals surface area contributed by atoms with Gasteiger partial charge in [-0.3, -0.25) is 0 Å². The summed E-state index contributed by atoms with van der Waals surface area (Å²) in [4.78, 5) is 4.18. The zero-order valence-corrected chi connectivity index (χ0v) is 15.2. The lowest BCUT2D eigenvalue weighted by Gasteiger charge is -2.14. The predicted molar refractivity (Wildman–Crippen MR) is 98.1 cm³/mol. The molecule has 0 atom stereocenters.